The van der Waals surface area contributed by atoms with Gasteiger partial charge in [-0.3, -0.25) is 9.89 Å². The van der Waals surface area contributed by atoms with E-state index >= 15 is 0 Å². The lowest BCUT2D eigenvalue weighted by molar-refractivity contribution is -0.110. The van der Waals surface area contributed by atoms with Crippen LogP contribution in [0.3, 0.4) is 0 Å². The molecule has 30 heavy (non-hydrogen) atoms. The zero-order valence-corrected chi connectivity index (χ0v) is 17.0. The molecule has 1 aliphatic heterocycles. The van der Waals surface area contributed by atoms with Crippen molar-refractivity contribution in [1.29, 1.82) is 0 Å². The van der Waals surface area contributed by atoms with Crippen molar-refractivity contribution in [2.45, 2.75) is 43.7 Å². The van der Waals surface area contributed by atoms with Crippen LogP contribution in [0.2, 0.25) is 0 Å². The third-order valence-electron chi connectivity index (χ3n) is 6.89. The van der Waals surface area contributed by atoms with Gasteiger partial charge in [0.2, 0.25) is 0 Å². The van der Waals surface area contributed by atoms with Gasteiger partial charge >= 0.3 is 0 Å². The average Bonchev–Trinajstić information content (AvgIpc) is 3.31. The van der Waals surface area contributed by atoms with Gasteiger partial charge in [-0.1, -0.05) is 73.5 Å². The van der Waals surface area contributed by atoms with Crippen molar-refractivity contribution in [1.82, 2.24) is 15.1 Å². The maximum absolute atomic E-state index is 13.4. The summed E-state index contributed by atoms with van der Waals surface area (Å²) >= 11 is 0. The Bertz CT molecular complexity index is 1020. The molecule has 154 valence electrons. The highest BCUT2D eigenvalue weighted by molar-refractivity contribution is 5.93. The zero-order chi connectivity index (χ0) is 20.6. The number of fused-ring (bicyclic) bond motifs is 1. The van der Waals surface area contributed by atoms with Crippen LogP contribution in [0.25, 0.3) is 11.3 Å². The number of aliphatic hydroxyl groups is 1. The first-order chi connectivity index (χ1) is 14.7. The molecule has 2 fully saturated rings. The number of aromatic amines is 1. The highest BCUT2D eigenvalue weighted by Crippen LogP contribution is 2.47. The van der Waals surface area contributed by atoms with E-state index in [1.165, 1.54) is 0 Å². The lowest BCUT2D eigenvalue weighted by Gasteiger charge is -2.52. The summed E-state index contributed by atoms with van der Waals surface area (Å²) in [6.45, 7) is 0.547. The van der Waals surface area contributed by atoms with Crippen molar-refractivity contribution in [2.75, 3.05) is 6.54 Å². The number of aromatic nitrogens is 2. The molecule has 2 N–H and O–H groups in total. The van der Waals surface area contributed by atoms with E-state index in [1.54, 1.807) is 0 Å². The fraction of sp³-hybridized carbons (Fsp3) is 0.360. The van der Waals surface area contributed by atoms with Crippen LogP contribution in [0.15, 0.2) is 66.7 Å². The van der Waals surface area contributed by atoms with Gasteiger partial charge in [0.1, 0.15) is 5.69 Å². The van der Waals surface area contributed by atoms with Gasteiger partial charge in [0.05, 0.1) is 11.3 Å². The number of benzene rings is 2. The number of H-pyrrole nitrogens is 1. The Labute approximate surface area is 176 Å². The summed E-state index contributed by atoms with van der Waals surface area (Å²) in [6, 6.07) is 21.7. The van der Waals surface area contributed by atoms with E-state index < -0.39 is 5.60 Å². The topological polar surface area (TPSA) is 69.2 Å². The summed E-state index contributed by atoms with van der Waals surface area (Å²) in [5.41, 5.74) is 2.38. The van der Waals surface area contributed by atoms with Crippen molar-refractivity contribution in [3.05, 3.63) is 78.0 Å². The number of nitrogens with zero attached hydrogens (tertiary/aromatic N) is 2. The molecule has 2 aromatic carbocycles. The smallest absolute Gasteiger partial charge is 0.272 e. The molecule has 1 saturated carbocycles. The van der Waals surface area contributed by atoms with E-state index in [2.05, 4.69) is 10.2 Å². The van der Waals surface area contributed by atoms with Gasteiger partial charge in [-0.2, -0.15) is 5.10 Å². The average molecular weight is 402 g/mol. The number of carbonyl (C=O) groups is 1. The van der Waals surface area contributed by atoms with Crippen LogP contribution in [0.4, 0.5) is 0 Å². The Kier molecular flexibility index (Phi) is 4.91. The normalized spacial score (nSPS) is 26.2. The summed E-state index contributed by atoms with van der Waals surface area (Å²) in [4.78, 5) is 15.4. The van der Waals surface area contributed by atoms with Crippen LogP contribution in [-0.4, -0.2) is 38.7 Å². The standard InChI is InChI=1S/C25H27N3O2/c29-24(22-17-21(26-27-22)18-9-3-1-4-10-18)28-16-15-25(30,19-11-5-2-6-12-19)20-13-7-8-14-23(20)28/h1-6,9-12,17,20,23,30H,7-8,13-16H2,(H,26,27)/t20-,23?,25-/m1/s1. The van der Waals surface area contributed by atoms with E-state index in [9.17, 15) is 9.90 Å². The van der Waals surface area contributed by atoms with Gasteiger partial charge in [-0.05, 0) is 30.9 Å². The van der Waals surface area contributed by atoms with Crippen molar-refractivity contribution in [3.63, 3.8) is 0 Å². The molecule has 0 bridgehead atoms. The number of rotatable bonds is 3. The predicted molar refractivity (Wildman–Crippen MR) is 116 cm³/mol. The minimum atomic E-state index is -0.869. The Morgan fingerprint density at radius 3 is 2.50 bits per heavy atom. The van der Waals surface area contributed by atoms with Gasteiger partial charge < -0.3 is 10.0 Å². The molecule has 2 aliphatic rings. The summed E-state index contributed by atoms with van der Waals surface area (Å²) in [6.07, 6.45) is 4.63. The molecular formula is C25H27N3O2. The molecule has 5 heteroatoms. The molecule has 0 radical (unpaired) electrons. The maximum atomic E-state index is 13.4. The first-order valence-electron chi connectivity index (χ1n) is 10.9. The largest absolute Gasteiger partial charge is 0.385 e. The van der Waals surface area contributed by atoms with Crippen LogP contribution in [0.5, 0.6) is 0 Å². The third kappa shape index (κ3) is 3.23. The van der Waals surface area contributed by atoms with Crippen LogP contribution in [0, 0.1) is 5.92 Å². The van der Waals surface area contributed by atoms with Crippen molar-refractivity contribution in [2.24, 2.45) is 5.92 Å². The molecule has 0 spiro atoms. The first-order valence-corrected chi connectivity index (χ1v) is 10.9. The molecule has 1 aliphatic carbocycles. The molecule has 1 amide bonds. The summed E-state index contributed by atoms with van der Waals surface area (Å²) in [5, 5.41) is 19.0. The number of piperidine rings is 1. The highest BCUT2D eigenvalue weighted by atomic mass is 16.3. The van der Waals surface area contributed by atoms with E-state index in [0.29, 0.717) is 18.7 Å². The Morgan fingerprint density at radius 2 is 1.73 bits per heavy atom. The second-order valence-electron chi connectivity index (χ2n) is 8.53. The number of amides is 1. The van der Waals surface area contributed by atoms with Gasteiger partial charge in [0, 0.05) is 24.1 Å². The molecule has 1 aromatic heterocycles. The van der Waals surface area contributed by atoms with Gasteiger partial charge in [0.15, 0.2) is 0 Å². The predicted octanol–water partition coefficient (Wildman–Crippen LogP) is 4.37. The van der Waals surface area contributed by atoms with Gasteiger partial charge in [-0.15, -0.1) is 0 Å². The molecule has 1 unspecified atom stereocenters. The fourth-order valence-corrected chi connectivity index (χ4v) is 5.36. The van der Waals surface area contributed by atoms with Gasteiger partial charge in [0.25, 0.3) is 5.91 Å². The summed E-state index contributed by atoms with van der Waals surface area (Å²) < 4.78 is 0. The third-order valence-corrected chi connectivity index (χ3v) is 6.89. The lowest BCUT2D eigenvalue weighted by Crippen LogP contribution is -2.59. The first kappa shape index (κ1) is 19.1. The number of hydrogen-bond donors (Lipinski definition) is 2. The summed E-state index contributed by atoms with van der Waals surface area (Å²) in [5.74, 6) is 0.0413. The van der Waals surface area contributed by atoms with Crippen molar-refractivity contribution in [3.8, 4) is 11.3 Å². The molecule has 1 saturated heterocycles. The van der Waals surface area contributed by atoms with Gasteiger partial charge in [-0.25, -0.2) is 0 Å². The minimum absolute atomic E-state index is 0.0170. The van der Waals surface area contributed by atoms with Crippen molar-refractivity contribution >= 4 is 5.91 Å². The van der Waals surface area contributed by atoms with E-state index in [4.69, 9.17) is 0 Å². The van der Waals surface area contributed by atoms with Crippen LogP contribution in [-0.2, 0) is 5.60 Å². The maximum Gasteiger partial charge on any atom is 0.272 e. The molecule has 3 atom stereocenters. The van der Waals surface area contributed by atoms with E-state index in [-0.39, 0.29) is 17.9 Å². The second kappa shape index (κ2) is 7.73. The van der Waals surface area contributed by atoms with Crippen molar-refractivity contribution < 1.29 is 9.90 Å². The Balaban J connectivity index is 1.42. The number of hydrogen-bond acceptors (Lipinski definition) is 3. The van der Waals surface area contributed by atoms with E-state index in [1.807, 2.05) is 71.6 Å². The summed E-state index contributed by atoms with van der Waals surface area (Å²) in [7, 11) is 0. The Hall–Kier alpha value is -2.92. The minimum Gasteiger partial charge on any atom is -0.385 e. The van der Waals surface area contributed by atoms with Crippen LogP contribution >= 0.6 is 0 Å². The molecule has 3 aromatic rings. The molecule has 2 heterocycles. The molecule has 5 rings (SSSR count). The zero-order valence-electron chi connectivity index (χ0n) is 17.0. The second-order valence-corrected chi connectivity index (χ2v) is 8.53. The number of nitrogens with one attached hydrogen (secondary N) is 1. The lowest BCUT2D eigenvalue weighted by atomic mass is 9.66. The molecule has 5 nitrogen and oxygen atoms in total. The van der Waals surface area contributed by atoms with Crippen LogP contribution < -0.4 is 0 Å². The Morgan fingerprint density at radius 1 is 1.03 bits per heavy atom. The fourth-order valence-electron chi connectivity index (χ4n) is 5.36. The molecular weight excluding hydrogens is 374 g/mol. The number of carbonyl (C=O) groups excluding carboxylic acids is 1. The highest BCUT2D eigenvalue weighted by Gasteiger charge is 2.50. The van der Waals surface area contributed by atoms with Crippen LogP contribution in [0.1, 0.15) is 48.2 Å². The van der Waals surface area contributed by atoms with E-state index in [0.717, 1.165) is 42.5 Å². The monoisotopic (exact) mass is 401 g/mol. The number of likely N-dealkylation sites (tertiary alicyclic amines) is 1. The quantitative estimate of drug-likeness (QED) is 0.685. The SMILES string of the molecule is O=C(c1cc(-c2ccccc2)n[nH]1)N1CC[C@@](O)(c2ccccc2)[C@@H]2CCCCC21.